The van der Waals surface area contributed by atoms with Crippen molar-refractivity contribution in [2.45, 2.75) is 24.7 Å². The Labute approximate surface area is 171 Å². The molecule has 0 amide bonds. The van der Waals surface area contributed by atoms with Crippen LogP contribution in [-0.4, -0.2) is 38.6 Å². The van der Waals surface area contributed by atoms with Crippen molar-refractivity contribution >= 4 is 38.7 Å². The number of benzene rings is 2. The highest BCUT2D eigenvalue weighted by Crippen LogP contribution is 2.21. The molecule has 150 valence electrons. The number of anilines is 2. The van der Waals surface area contributed by atoms with Crippen molar-refractivity contribution in [3.05, 3.63) is 48.5 Å². The predicted octanol–water partition coefficient (Wildman–Crippen LogP) is 3.92. The number of nitrogens with one attached hydrogen (secondary N) is 2. The molecule has 1 atom stereocenters. The summed E-state index contributed by atoms with van der Waals surface area (Å²) >= 11 is 5.50. The van der Waals surface area contributed by atoms with E-state index >= 15 is 0 Å². The second kappa shape index (κ2) is 8.79. The molecule has 2 N–H and O–H groups in total. The number of rotatable bonds is 5. The zero-order valence-corrected chi connectivity index (χ0v) is 17.6. The summed E-state index contributed by atoms with van der Waals surface area (Å²) in [5.74, 6) is 1.29. The highest BCUT2D eigenvalue weighted by atomic mass is 32.2. The Morgan fingerprint density at radius 2 is 1.75 bits per heavy atom. The Balaban J connectivity index is 1.64. The van der Waals surface area contributed by atoms with Gasteiger partial charge in [-0.15, -0.1) is 0 Å². The summed E-state index contributed by atoms with van der Waals surface area (Å²) in [4.78, 5) is 2.35. The number of methoxy groups -OCH3 is 1. The zero-order chi connectivity index (χ0) is 20.1. The fourth-order valence-corrected chi connectivity index (χ4v) is 4.51. The molecule has 1 saturated heterocycles. The molecule has 1 unspecified atom stereocenters. The van der Waals surface area contributed by atoms with Crippen LogP contribution in [0.5, 0.6) is 5.75 Å². The summed E-state index contributed by atoms with van der Waals surface area (Å²) < 4.78 is 32.8. The smallest absolute Gasteiger partial charge is 0.261 e. The second-order valence-corrected chi connectivity index (χ2v) is 9.05. The molecule has 1 aliphatic heterocycles. The lowest BCUT2D eigenvalue weighted by Crippen LogP contribution is -2.41. The number of hydrogen-bond donors (Lipinski definition) is 2. The Morgan fingerprint density at radius 3 is 2.36 bits per heavy atom. The number of sulfonamides is 1. The SMILES string of the molecule is COc1ccc(NS(=O)(=O)c2ccc(NC(=S)N3CCCC(C)C3)cc2)cc1. The molecule has 28 heavy (non-hydrogen) atoms. The van der Waals surface area contributed by atoms with Crippen molar-refractivity contribution in [3.8, 4) is 5.75 Å². The van der Waals surface area contributed by atoms with Crippen molar-refractivity contribution in [1.82, 2.24) is 4.90 Å². The van der Waals surface area contributed by atoms with Crippen molar-refractivity contribution in [3.63, 3.8) is 0 Å². The first kappa shape index (κ1) is 20.4. The van der Waals surface area contributed by atoms with Gasteiger partial charge in [-0.05, 0) is 79.5 Å². The molecule has 1 fully saturated rings. The number of thiocarbonyl (C=S) groups is 1. The standard InChI is InChI=1S/C20H25N3O3S2/c1-15-4-3-13-23(14-15)20(27)21-16-7-11-19(12-8-16)28(24,25)22-17-5-9-18(26-2)10-6-17/h5-12,15,22H,3-4,13-14H2,1-2H3,(H,21,27). The number of piperidine rings is 1. The maximum Gasteiger partial charge on any atom is 0.261 e. The van der Waals surface area contributed by atoms with Gasteiger partial charge < -0.3 is 15.0 Å². The minimum Gasteiger partial charge on any atom is -0.497 e. The maximum atomic E-state index is 12.6. The first-order valence-electron chi connectivity index (χ1n) is 9.20. The molecule has 3 rings (SSSR count). The van der Waals surface area contributed by atoms with E-state index in [1.165, 1.54) is 6.42 Å². The predicted molar refractivity (Wildman–Crippen MR) is 116 cm³/mol. The Kier molecular flexibility index (Phi) is 6.41. The lowest BCUT2D eigenvalue weighted by molar-refractivity contribution is 0.276. The van der Waals surface area contributed by atoms with E-state index in [-0.39, 0.29) is 4.90 Å². The summed E-state index contributed by atoms with van der Waals surface area (Å²) in [5, 5.41) is 3.88. The van der Waals surface area contributed by atoms with Crippen molar-refractivity contribution in [2.24, 2.45) is 5.92 Å². The molecule has 0 aromatic heterocycles. The largest absolute Gasteiger partial charge is 0.497 e. The van der Waals surface area contributed by atoms with Gasteiger partial charge in [-0.3, -0.25) is 4.72 Å². The Hall–Kier alpha value is -2.32. The number of ether oxygens (including phenoxy) is 1. The van der Waals surface area contributed by atoms with Gasteiger partial charge in [0.25, 0.3) is 10.0 Å². The highest BCUT2D eigenvalue weighted by Gasteiger charge is 2.19. The summed E-state index contributed by atoms with van der Waals surface area (Å²) in [5.41, 5.74) is 1.25. The van der Waals surface area contributed by atoms with Gasteiger partial charge in [-0.1, -0.05) is 6.92 Å². The number of likely N-dealkylation sites (tertiary alicyclic amines) is 1. The molecule has 1 heterocycles. The van der Waals surface area contributed by atoms with Crippen molar-refractivity contribution in [1.29, 1.82) is 0 Å². The van der Waals surface area contributed by atoms with Gasteiger partial charge in [-0.25, -0.2) is 8.42 Å². The van der Waals surface area contributed by atoms with E-state index < -0.39 is 10.0 Å². The molecular formula is C20H25N3O3S2. The molecule has 0 aliphatic carbocycles. The number of hydrogen-bond acceptors (Lipinski definition) is 4. The van der Waals surface area contributed by atoms with Crippen LogP contribution in [0.3, 0.4) is 0 Å². The summed E-state index contributed by atoms with van der Waals surface area (Å²) in [6, 6.07) is 13.3. The van der Waals surface area contributed by atoms with Crippen LogP contribution in [0.25, 0.3) is 0 Å². The first-order chi connectivity index (χ1) is 13.4. The van der Waals surface area contributed by atoms with Gasteiger partial charge in [0.1, 0.15) is 5.75 Å². The fourth-order valence-electron chi connectivity index (χ4n) is 3.17. The van der Waals surface area contributed by atoms with Gasteiger partial charge in [-0.2, -0.15) is 0 Å². The Morgan fingerprint density at radius 1 is 1.11 bits per heavy atom. The van der Waals surface area contributed by atoms with E-state index in [4.69, 9.17) is 17.0 Å². The average Bonchev–Trinajstić information content (AvgIpc) is 2.69. The molecule has 2 aromatic carbocycles. The third-order valence-electron chi connectivity index (χ3n) is 4.70. The first-order valence-corrected chi connectivity index (χ1v) is 11.1. The molecule has 0 spiro atoms. The molecule has 6 nitrogen and oxygen atoms in total. The van der Waals surface area contributed by atoms with Gasteiger partial charge in [0.15, 0.2) is 5.11 Å². The topological polar surface area (TPSA) is 70.7 Å². The highest BCUT2D eigenvalue weighted by molar-refractivity contribution is 7.92. The van der Waals surface area contributed by atoms with E-state index in [9.17, 15) is 8.42 Å². The van der Waals surface area contributed by atoms with E-state index in [1.807, 2.05) is 0 Å². The van der Waals surface area contributed by atoms with Gasteiger partial charge >= 0.3 is 0 Å². The zero-order valence-electron chi connectivity index (χ0n) is 16.0. The second-order valence-electron chi connectivity index (χ2n) is 6.98. The van der Waals surface area contributed by atoms with Crippen LogP contribution in [0.4, 0.5) is 11.4 Å². The van der Waals surface area contributed by atoms with Crippen LogP contribution in [0, 0.1) is 5.92 Å². The van der Waals surface area contributed by atoms with E-state index in [0.29, 0.717) is 22.5 Å². The van der Waals surface area contributed by atoms with Crippen molar-refractivity contribution < 1.29 is 13.2 Å². The maximum absolute atomic E-state index is 12.6. The van der Waals surface area contributed by atoms with Crippen LogP contribution >= 0.6 is 12.2 Å². The van der Waals surface area contributed by atoms with Crippen LogP contribution in [0.1, 0.15) is 19.8 Å². The third kappa shape index (κ3) is 5.14. The third-order valence-corrected chi connectivity index (χ3v) is 6.46. The molecule has 2 aromatic rings. The van der Waals surface area contributed by atoms with E-state index in [1.54, 1.807) is 55.6 Å². The monoisotopic (exact) mass is 419 g/mol. The van der Waals surface area contributed by atoms with Crippen molar-refractivity contribution in [2.75, 3.05) is 30.2 Å². The van der Waals surface area contributed by atoms with Gasteiger partial charge in [0, 0.05) is 24.5 Å². The molecule has 8 heteroatoms. The molecule has 0 radical (unpaired) electrons. The molecule has 1 aliphatic rings. The van der Waals surface area contributed by atoms with E-state index in [2.05, 4.69) is 21.9 Å². The Bertz CT molecular complexity index is 913. The summed E-state index contributed by atoms with van der Waals surface area (Å²) in [6.07, 6.45) is 2.37. The van der Waals surface area contributed by atoms with Crippen LogP contribution in [0.15, 0.2) is 53.4 Å². The van der Waals surface area contributed by atoms with Crippen LogP contribution in [-0.2, 0) is 10.0 Å². The van der Waals surface area contributed by atoms with Gasteiger partial charge in [0.2, 0.25) is 0 Å². The van der Waals surface area contributed by atoms with Crippen LogP contribution < -0.4 is 14.8 Å². The fraction of sp³-hybridized carbons (Fsp3) is 0.350. The number of nitrogens with zero attached hydrogens (tertiary/aromatic N) is 1. The minimum atomic E-state index is -3.67. The van der Waals surface area contributed by atoms with E-state index in [0.717, 1.165) is 25.2 Å². The molecule has 0 saturated carbocycles. The summed E-state index contributed by atoms with van der Waals surface area (Å²) in [6.45, 7) is 4.13. The van der Waals surface area contributed by atoms with Gasteiger partial charge in [0.05, 0.1) is 12.0 Å². The van der Waals surface area contributed by atoms with Crippen LogP contribution in [0.2, 0.25) is 0 Å². The normalized spacial score (nSPS) is 17.1. The summed E-state index contributed by atoms with van der Waals surface area (Å²) in [7, 11) is -2.11. The lowest BCUT2D eigenvalue weighted by Gasteiger charge is -2.33. The quantitative estimate of drug-likeness (QED) is 0.716. The molecule has 0 bridgehead atoms. The molecular weight excluding hydrogens is 394 g/mol. The average molecular weight is 420 g/mol. The minimum absolute atomic E-state index is 0.186. The lowest BCUT2D eigenvalue weighted by atomic mass is 10.0.